The lowest BCUT2D eigenvalue weighted by molar-refractivity contribution is -0.147. The van der Waals surface area contributed by atoms with E-state index >= 15 is 0 Å². The van der Waals surface area contributed by atoms with Crippen molar-refractivity contribution in [3.05, 3.63) is 71.9 Å². The number of hydrogen-bond acceptors (Lipinski definition) is 6. The number of aliphatic hydroxyl groups is 1. The second kappa shape index (κ2) is 9.45. The number of benzene rings is 1. The van der Waals surface area contributed by atoms with Gasteiger partial charge in [-0.1, -0.05) is 18.2 Å². The van der Waals surface area contributed by atoms with Crippen LogP contribution in [0.1, 0.15) is 34.6 Å². The fraction of sp³-hybridized carbons (Fsp3) is 0.304. The summed E-state index contributed by atoms with van der Waals surface area (Å²) >= 11 is 0. The lowest BCUT2D eigenvalue weighted by Crippen LogP contribution is -2.40. The average molecular weight is 456 g/mol. The molecule has 1 saturated heterocycles. The van der Waals surface area contributed by atoms with Gasteiger partial charge < -0.3 is 19.7 Å². The molecule has 3 aromatic rings. The Morgan fingerprint density at radius 2 is 1.88 bits per heavy atom. The van der Waals surface area contributed by atoms with Crippen LogP contribution in [0.2, 0.25) is 0 Å². The maximum absolute atomic E-state index is 14.2. The molecule has 1 aliphatic rings. The predicted octanol–water partition coefficient (Wildman–Crippen LogP) is 2.74. The zero-order valence-corrected chi connectivity index (χ0v) is 17.6. The number of hydrogen-bond donors (Lipinski definition) is 2. The van der Waals surface area contributed by atoms with Gasteiger partial charge in [0.25, 0.3) is 11.8 Å². The highest BCUT2D eigenvalue weighted by atomic mass is 19.3. The summed E-state index contributed by atoms with van der Waals surface area (Å²) in [6.07, 6.45) is 3.17. The van der Waals surface area contributed by atoms with Gasteiger partial charge in [0.15, 0.2) is 5.69 Å². The number of nitrogens with zero attached hydrogens (tertiary/aromatic N) is 3. The topological polar surface area (TPSA) is 109 Å². The standard InChI is InChI=1S/C23H22F2N4O4/c24-23(25,19-3-1-2-10-26-19)22(32)27-13-15-4-6-16(7-5-15)20-28-18(14-33-20)21(31)29-11-8-17(30)9-12-29/h1-7,10,14,17,30H,8-9,11-13H2,(H,27,32). The molecule has 0 radical (unpaired) electrons. The number of pyridine rings is 1. The van der Waals surface area contributed by atoms with Crippen molar-refractivity contribution in [1.29, 1.82) is 0 Å². The maximum Gasteiger partial charge on any atom is 0.366 e. The molecule has 0 bridgehead atoms. The van der Waals surface area contributed by atoms with Crippen LogP contribution in [0.3, 0.4) is 0 Å². The summed E-state index contributed by atoms with van der Waals surface area (Å²) < 4.78 is 33.9. The van der Waals surface area contributed by atoms with Gasteiger partial charge in [0, 0.05) is 31.4 Å². The third-order valence-corrected chi connectivity index (χ3v) is 5.40. The fourth-order valence-corrected chi connectivity index (χ4v) is 3.46. The van der Waals surface area contributed by atoms with E-state index in [1.807, 2.05) is 0 Å². The summed E-state index contributed by atoms with van der Waals surface area (Å²) in [5.74, 6) is -5.20. The van der Waals surface area contributed by atoms with Gasteiger partial charge in [-0.3, -0.25) is 14.6 Å². The number of halogens is 2. The number of alkyl halides is 2. The first-order valence-electron chi connectivity index (χ1n) is 10.4. The third kappa shape index (κ3) is 5.06. The summed E-state index contributed by atoms with van der Waals surface area (Å²) in [5, 5.41) is 11.8. The summed E-state index contributed by atoms with van der Waals surface area (Å²) in [5.41, 5.74) is 0.748. The molecule has 10 heteroatoms. The molecule has 0 unspecified atom stereocenters. The molecule has 4 rings (SSSR count). The summed E-state index contributed by atoms with van der Waals surface area (Å²) in [4.78, 5) is 33.9. The highest BCUT2D eigenvalue weighted by Gasteiger charge is 2.42. The smallest absolute Gasteiger partial charge is 0.366 e. The number of piperidine rings is 1. The van der Waals surface area contributed by atoms with Crippen LogP contribution in [0, 0.1) is 0 Å². The first-order valence-corrected chi connectivity index (χ1v) is 10.4. The highest BCUT2D eigenvalue weighted by Crippen LogP contribution is 2.26. The minimum Gasteiger partial charge on any atom is -0.444 e. The van der Waals surface area contributed by atoms with E-state index in [1.165, 1.54) is 24.6 Å². The Hall–Kier alpha value is -3.66. The van der Waals surface area contributed by atoms with Gasteiger partial charge in [0.2, 0.25) is 5.89 Å². The molecule has 1 aromatic carbocycles. The maximum atomic E-state index is 14.2. The average Bonchev–Trinajstić information content (AvgIpc) is 3.34. The van der Waals surface area contributed by atoms with Gasteiger partial charge in [-0.15, -0.1) is 0 Å². The SMILES string of the molecule is O=C(c1coc(-c2ccc(CNC(=O)C(F)(F)c3ccccn3)cc2)n1)N1CCC(O)CC1. The van der Waals surface area contributed by atoms with E-state index in [4.69, 9.17) is 4.42 Å². The summed E-state index contributed by atoms with van der Waals surface area (Å²) in [6.45, 7) is 0.821. The Bertz CT molecular complexity index is 1110. The van der Waals surface area contributed by atoms with E-state index in [0.29, 0.717) is 37.1 Å². The number of oxazole rings is 1. The number of rotatable bonds is 6. The Kier molecular flexibility index (Phi) is 6.45. The van der Waals surface area contributed by atoms with E-state index in [1.54, 1.807) is 29.2 Å². The van der Waals surface area contributed by atoms with Crippen molar-refractivity contribution < 1.29 is 27.9 Å². The molecule has 1 aliphatic heterocycles. The zero-order valence-electron chi connectivity index (χ0n) is 17.6. The molecular formula is C23H22F2N4O4. The molecule has 2 N–H and O–H groups in total. The number of likely N-dealkylation sites (tertiary alicyclic amines) is 1. The predicted molar refractivity (Wildman–Crippen MR) is 113 cm³/mol. The van der Waals surface area contributed by atoms with Gasteiger partial charge >= 0.3 is 5.92 Å². The number of nitrogens with one attached hydrogen (secondary N) is 1. The Balaban J connectivity index is 1.36. The number of amides is 2. The number of carbonyl (C=O) groups excluding carboxylic acids is 2. The van der Waals surface area contributed by atoms with Gasteiger partial charge in [-0.25, -0.2) is 4.98 Å². The monoisotopic (exact) mass is 456 g/mol. The van der Waals surface area contributed by atoms with Crippen molar-refractivity contribution >= 4 is 11.8 Å². The molecule has 2 aromatic heterocycles. The van der Waals surface area contributed by atoms with Crippen LogP contribution in [0.25, 0.3) is 11.5 Å². The number of aliphatic hydroxyl groups excluding tert-OH is 1. The molecular weight excluding hydrogens is 434 g/mol. The Labute approximate surface area is 188 Å². The van der Waals surface area contributed by atoms with Gasteiger partial charge in [0.1, 0.15) is 12.0 Å². The normalized spacial score (nSPS) is 14.8. The van der Waals surface area contributed by atoms with Crippen LogP contribution in [0.4, 0.5) is 8.78 Å². The largest absolute Gasteiger partial charge is 0.444 e. The second-order valence-corrected chi connectivity index (χ2v) is 7.73. The Morgan fingerprint density at radius 1 is 1.15 bits per heavy atom. The van der Waals surface area contributed by atoms with Crippen molar-refractivity contribution in [2.45, 2.75) is 31.4 Å². The Morgan fingerprint density at radius 3 is 2.55 bits per heavy atom. The van der Waals surface area contributed by atoms with Gasteiger partial charge in [-0.05, 0) is 42.7 Å². The van der Waals surface area contributed by atoms with Crippen LogP contribution in [-0.2, 0) is 17.3 Å². The first-order chi connectivity index (χ1) is 15.8. The molecule has 0 aliphatic carbocycles. The van der Waals surface area contributed by atoms with Crippen molar-refractivity contribution in [2.75, 3.05) is 13.1 Å². The fourth-order valence-electron chi connectivity index (χ4n) is 3.46. The van der Waals surface area contributed by atoms with E-state index in [-0.39, 0.29) is 30.1 Å². The minimum absolute atomic E-state index is 0.0995. The van der Waals surface area contributed by atoms with Crippen LogP contribution >= 0.6 is 0 Å². The zero-order chi connectivity index (χ0) is 23.4. The number of aromatic nitrogens is 2. The van der Waals surface area contributed by atoms with E-state index in [9.17, 15) is 23.5 Å². The summed E-state index contributed by atoms with van der Waals surface area (Å²) in [6, 6.07) is 10.6. The highest BCUT2D eigenvalue weighted by molar-refractivity contribution is 5.92. The molecule has 2 amide bonds. The van der Waals surface area contributed by atoms with Crippen molar-refractivity contribution in [3.8, 4) is 11.5 Å². The van der Waals surface area contributed by atoms with E-state index in [2.05, 4.69) is 15.3 Å². The molecule has 0 saturated carbocycles. The molecule has 33 heavy (non-hydrogen) atoms. The minimum atomic E-state index is -3.74. The molecule has 172 valence electrons. The van der Waals surface area contributed by atoms with E-state index < -0.39 is 17.5 Å². The molecule has 3 heterocycles. The third-order valence-electron chi connectivity index (χ3n) is 5.40. The van der Waals surface area contributed by atoms with Crippen LogP contribution < -0.4 is 5.32 Å². The lowest BCUT2D eigenvalue weighted by atomic mass is 10.1. The van der Waals surface area contributed by atoms with Crippen LogP contribution in [0.5, 0.6) is 0 Å². The van der Waals surface area contributed by atoms with Crippen molar-refractivity contribution in [2.24, 2.45) is 0 Å². The molecule has 8 nitrogen and oxygen atoms in total. The summed E-state index contributed by atoms with van der Waals surface area (Å²) in [7, 11) is 0. The van der Waals surface area contributed by atoms with Gasteiger partial charge in [-0.2, -0.15) is 8.78 Å². The number of carbonyl (C=O) groups is 2. The van der Waals surface area contributed by atoms with Crippen molar-refractivity contribution in [1.82, 2.24) is 20.2 Å². The molecule has 1 fully saturated rings. The van der Waals surface area contributed by atoms with Crippen LogP contribution in [0.15, 0.2) is 59.3 Å². The van der Waals surface area contributed by atoms with Gasteiger partial charge in [0.05, 0.1) is 6.10 Å². The molecule has 0 spiro atoms. The van der Waals surface area contributed by atoms with Crippen molar-refractivity contribution in [3.63, 3.8) is 0 Å². The van der Waals surface area contributed by atoms with Crippen LogP contribution in [-0.4, -0.2) is 51.0 Å². The first kappa shape index (κ1) is 22.5. The second-order valence-electron chi connectivity index (χ2n) is 7.73. The van der Waals surface area contributed by atoms with E-state index in [0.717, 1.165) is 6.07 Å². The lowest BCUT2D eigenvalue weighted by Gasteiger charge is -2.28. The quantitative estimate of drug-likeness (QED) is 0.591. The molecule has 0 atom stereocenters.